The molecule has 6 heteroatoms. The Balaban J connectivity index is 2.10. The third-order valence-electron chi connectivity index (χ3n) is 4.62. The van der Waals surface area contributed by atoms with E-state index in [2.05, 4.69) is 10.3 Å². The van der Waals surface area contributed by atoms with E-state index >= 15 is 0 Å². The third-order valence-corrected chi connectivity index (χ3v) is 4.62. The summed E-state index contributed by atoms with van der Waals surface area (Å²) in [5.41, 5.74) is 4.42. The summed E-state index contributed by atoms with van der Waals surface area (Å²) in [7, 11) is 0. The van der Waals surface area contributed by atoms with Crippen LogP contribution in [0.2, 0.25) is 0 Å². The number of carbonyl (C=O) groups is 2. The van der Waals surface area contributed by atoms with Gasteiger partial charge in [-0.1, -0.05) is 49.7 Å². The summed E-state index contributed by atoms with van der Waals surface area (Å²) in [6.07, 6.45) is 2.20. The van der Waals surface area contributed by atoms with Gasteiger partial charge in [0.2, 0.25) is 0 Å². The number of fused-ring (bicyclic) bond motifs is 1. The van der Waals surface area contributed by atoms with Crippen molar-refractivity contribution in [2.45, 2.75) is 40.2 Å². The summed E-state index contributed by atoms with van der Waals surface area (Å²) in [5.74, 6) is -1.34. The molecule has 0 aliphatic heterocycles. The first-order valence-electron chi connectivity index (χ1n) is 9.35. The molecule has 0 bridgehead atoms. The van der Waals surface area contributed by atoms with Gasteiger partial charge in [0, 0.05) is 11.8 Å². The lowest BCUT2D eigenvalue weighted by Crippen LogP contribution is -2.42. The zero-order valence-electron chi connectivity index (χ0n) is 16.6. The van der Waals surface area contributed by atoms with Crippen LogP contribution in [-0.2, 0) is 4.79 Å². The first kappa shape index (κ1) is 19.6. The summed E-state index contributed by atoms with van der Waals surface area (Å²) in [4.78, 5) is 29.4. The van der Waals surface area contributed by atoms with Crippen molar-refractivity contribution in [1.82, 2.24) is 14.7 Å². The highest BCUT2D eigenvalue weighted by atomic mass is 16.4. The van der Waals surface area contributed by atoms with Gasteiger partial charge in [-0.25, -0.2) is 9.78 Å². The second kappa shape index (κ2) is 7.84. The molecule has 0 fully saturated rings. The second-order valence-electron chi connectivity index (χ2n) is 7.60. The van der Waals surface area contributed by atoms with Crippen LogP contribution in [-0.4, -0.2) is 32.4 Å². The summed E-state index contributed by atoms with van der Waals surface area (Å²) < 4.78 is 1.73. The number of aliphatic carboxylic acids is 1. The zero-order chi connectivity index (χ0) is 20.4. The average Bonchev–Trinajstić information content (AvgIpc) is 2.99. The lowest BCUT2D eigenvalue weighted by Gasteiger charge is -2.17. The van der Waals surface area contributed by atoms with Crippen LogP contribution in [0.5, 0.6) is 0 Å². The van der Waals surface area contributed by atoms with Crippen molar-refractivity contribution in [3.8, 4) is 11.3 Å². The topological polar surface area (TPSA) is 83.7 Å². The van der Waals surface area contributed by atoms with Crippen LogP contribution in [0.15, 0.2) is 42.6 Å². The molecule has 1 amide bonds. The molecule has 1 aromatic carbocycles. The smallest absolute Gasteiger partial charge is 0.326 e. The van der Waals surface area contributed by atoms with E-state index in [1.54, 1.807) is 4.40 Å². The van der Waals surface area contributed by atoms with Gasteiger partial charge in [0.25, 0.3) is 5.91 Å². The molecule has 0 saturated carbocycles. The predicted octanol–water partition coefficient (Wildman–Crippen LogP) is 3.85. The number of rotatable bonds is 6. The van der Waals surface area contributed by atoms with Crippen LogP contribution in [0.4, 0.5) is 0 Å². The maximum Gasteiger partial charge on any atom is 0.326 e. The van der Waals surface area contributed by atoms with Crippen molar-refractivity contribution in [3.63, 3.8) is 0 Å². The van der Waals surface area contributed by atoms with E-state index in [1.807, 2.05) is 70.3 Å². The fourth-order valence-electron chi connectivity index (χ4n) is 3.20. The van der Waals surface area contributed by atoms with Crippen LogP contribution < -0.4 is 5.32 Å². The number of imidazole rings is 1. The molecule has 0 spiro atoms. The summed E-state index contributed by atoms with van der Waals surface area (Å²) in [6.45, 7) is 7.79. The molecule has 2 aromatic heterocycles. The lowest BCUT2D eigenvalue weighted by atomic mass is 10.0. The minimum atomic E-state index is -1.04. The van der Waals surface area contributed by atoms with E-state index in [-0.39, 0.29) is 5.92 Å². The number of carboxylic acids is 1. The molecule has 2 N–H and O–H groups in total. The van der Waals surface area contributed by atoms with E-state index in [0.29, 0.717) is 23.5 Å². The van der Waals surface area contributed by atoms with E-state index in [1.165, 1.54) is 0 Å². The molecule has 146 valence electrons. The molecule has 1 atom stereocenters. The Bertz CT molecular complexity index is 1020. The average molecular weight is 379 g/mol. The van der Waals surface area contributed by atoms with E-state index in [4.69, 9.17) is 0 Å². The summed E-state index contributed by atoms with van der Waals surface area (Å²) in [5, 5.41) is 12.2. The van der Waals surface area contributed by atoms with E-state index in [9.17, 15) is 14.7 Å². The van der Waals surface area contributed by atoms with Crippen LogP contribution >= 0.6 is 0 Å². The Labute approximate surface area is 164 Å². The number of aryl methyl sites for hydroxylation is 2. The van der Waals surface area contributed by atoms with Gasteiger partial charge in [-0.05, 0) is 37.8 Å². The highest BCUT2D eigenvalue weighted by Crippen LogP contribution is 2.25. The highest BCUT2D eigenvalue weighted by Gasteiger charge is 2.26. The molecule has 0 aliphatic rings. The summed E-state index contributed by atoms with van der Waals surface area (Å²) in [6, 6.07) is 10.6. The summed E-state index contributed by atoms with van der Waals surface area (Å²) >= 11 is 0. The Morgan fingerprint density at radius 1 is 1.07 bits per heavy atom. The number of aromatic nitrogens is 2. The second-order valence-corrected chi connectivity index (χ2v) is 7.60. The Kier molecular flexibility index (Phi) is 5.49. The first-order chi connectivity index (χ1) is 13.3. The SMILES string of the molecule is Cc1ccc(-c2nc3ccc(C)cn3c2C(=O)NC(CC(C)C)C(=O)O)cc1. The molecule has 28 heavy (non-hydrogen) atoms. The van der Waals surface area contributed by atoms with Crippen LogP contribution in [0.3, 0.4) is 0 Å². The molecule has 3 aromatic rings. The third kappa shape index (κ3) is 4.06. The number of nitrogens with one attached hydrogen (secondary N) is 1. The molecule has 2 heterocycles. The molecule has 6 nitrogen and oxygen atoms in total. The van der Waals surface area contributed by atoms with Crippen molar-refractivity contribution < 1.29 is 14.7 Å². The van der Waals surface area contributed by atoms with E-state index < -0.39 is 17.9 Å². The van der Waals surface area contributed by atoms with Crippen molar-refractivity contribution >= 4 is 17.5 Å². The van der Waals surface area contributed by atoms with Crippen molar-refractivity contribution in [3.05, 3.63) is 59.4 Å². The molecule has 0 saturated heterocycles. The Morgan fingerprint density at radius 3 is 2.32 bits per heavy atom. The van der Waals surface area contributed by atoms with Gasteiger partial charge in [-0.15, -0.1) is 0 Å². The largest absolute Gasteiger partial charge is 0.480 e. The molecule has 0 radical (unpaired) electrons. The monoisotopic (exact) mass is 379 g/mol. The van der Waals surface area contributed by atoms with Crippen molar-refractivity contribution in [2.75, 3.05) is 0 Å². The fourth-order valence-corrected chi connectivity index (χ4v) is 3.20. The first-order valence-corrected chi connectivity index (χ1v) is 9.35. The number of nitrogens with zero attached hydrogens (tertiary/aromatic N) is 2. The van der Waals surface area contributed by atoms with Gasteiger partial charge in [-0.3, -0.25) is 9.20 Å². The maximum atomic E-state index is 13.2. The molecule has 3 rings (SSSR count). The number of hydrogen-bond donors (Lipinski definition) is 2. The van der Waals surface area contributed by atoms with Gasteiger partial charge in [0.15, 0.2) is 0 Å². The molecular formula is C22H25N3O3. The molecule has 0 aliphatic carbocycles. The minimum Gasteiger partial charge on any atom is -0.480 e. The highest BCUT2D eigenvalue weighted by molar-refractivity contribution is 6.01. The Hall–Kier alpha value is -3.15. The number of carbonyl (C=O) groups excluding carboxylic acids is 1. The number of carboxylic acid groups (broad SMARTS) is 1. The van der Waals surface area contributed by atoms with Gasteiger partial charge in [0.05, 0.1) is 0 Å². The maximum absolute atomic E-state index is 13.2. The molecular weight excluding hydrogens is 354 g/mol. The standard InChI is InChI=1S/C22H25N3O3/c1-13(2)11-17(22(27)28)23-21(26)20-19(16-8-5-14(3)6-9-16)24-18-10-7-15(4)12-25(18)20/h5-10,12-13,17H,11H2,1-4H3,(H,23,26)(H,27,28). The lowest BCUT2D eigenvalue weighted by molar-refractivity contribution is -0.139. The minimum absolute atomic E-state index is 0.141. The Morgan fingerprint density at radius 2 is 1.71 bits per heavy atom. The quantitative estimate of drug-likeness (QED) is 0.681. The number of hydrogen-bond acceptors (Lipinski definition) is 3. The molecule has 1 unspecified atom stereocenters. The number of pyridine rings is 1. The van der Waals surface area contributed by atoms with Gasteiger partial charge in [0.1, 0.15) is 23.1 Å². The van der Waals surface area contributed by atoms with Gasteiger partial charge in [-0.2, -0.15) is 0 Å². The fraction of sp³-hybridized carbons (Fsp3) is 0.318. The van der Waals surface area contributed by atoms with E-state index in [0.717, 1.165) is 16.7 Å². The number of benzene rings is 1. The van der Waals surface area contributed by atoms with Crippen LogP contribution in [0.1, 0.15) is 41.9 Å². The van der Waals surface area contributed by atoms with Gasteiger partial charge < -0.3 is 10.4 Å². The number of amides is 1. The zero-order valence-corrected chi connectivity index (χ0v) is 16.6. The predicted molar refractivity (Wildman–Crippen MR) is 108 cm³/mol. The van der Waals surface area contributed by atoms with Crippen molar-refractivity contribution in [2.24, 2.45) is 5.92 Å². The van der Waals surface area contributed by atoms with Gasteiger partial charge >= 0.3 is 5.97 Å². The van der Waals surface area contributed by atoms with Crippen LogP contribution in [0.25, 0.3) is 16.9 Å². The normalized spacial score (nSPS) is 12.3. The van der Waals surface area contributed by atoms with Crippen molar-refractivity contribution in [1.29, 1.82) is 0 Å². The van der Waals surface area contributed by atoms with Crippen LogP contribution in [0, 0.1) is 19.8 Å².